The number of amides is 1. The van der Waals surface area contributed by atoms with E-state index in [2.05, 4.69) is 0 Å². The van der Waals surface area contributed by atoms with Crippen molar-refractivity contribution < 1.29 is 32.3 Å². The van der Waals surface area contributed by atoms with Crippen LogP contribution in [0.5, 0.6) is 5.75 Å². The lowest BCUT2D eigenvalue weighted by Crippen LogP contribution is -2.54. The maximum absolute atomic E-state index is 13.5. The number of halogens is 1. The van der Waals surface area contributed by atoms with Gasteiger partial charge in [0.25, 0.3) is 5.91 Å². The number of hydrogen-bond acceptors (Lipinski definition) is 6. The van der Waals surface area contributed by atoms with Gasteiger partial charge in [-0.15, -0.1) is 0 Å². The van der Waals surface area contributed by atoms with Crippen LogP contribution in [0, 0.1) is 5.82 Å². The summed E-state index contributed by atoms with van der Waals surface area (Å²) >= 11 is 0. The van der Waals surface area contributed by atoms with E-state index in [0.29, 0.717) is 12.4 Å². The fraction of sp³-hybridized carbons (Fsp3) is 0.296. The van der Waals surface area contributed by atoms with Crippen molar-refractivity contribution in [3.8, 4) is 16.9 Å². The zero-order valence-corrected chi connectivity index (χ0v) is 20.5. The molecule has 1 heterocycles. The number of aryl methyl sites for hydroxylation is 1. The van der Waals surface area contributed by atoms with Crippen molar-refractivity contribution in [2.24, 2.45) is 0 Å². The van der Waals surface area contributed by atoms with Gasteiger partial charge in [-0.25, -0.2) is 18.3 Å². The summed E-state index contributed by atoms with van der Waals surface area (Å²) < 4.78 is 49.4. The van der Waals surface area contributed by atoms with E-state index in [1.165, 1.54) is 29.7 Å². The minimum atomic E-state index is -4.07. The molecule has 3 aromatic rings. The lowest BCUT2D eigenvalue weighted by molar-refractivity contribution is -0.134. The Morgan fingerprint density at radius 3 is 2.33 bits per heavy atom. The van der Waals surface area contributed by atoms with Crippen LogP contribution in [-0.2, 0) is 25.8 Å². The van der Waals surface area contributed by atoms with Gasteiger partial charge in [0.15, 0.2) is 14.6 Å². The highest BCUT2D eigenvalue weighted by molar-refractivity contribution is 7.93. The second-order valence-electron chi connectivity index (χ2n) is 8.69. The maximum Gasteiger partial charge on any atom is 0.265 e. The van der Waals surface area contributed by atoms with Crippen LogP contribution in [0.2, 0.25) is 0 Å². The summed E-state index contributed by atoms with van der Waals surface area (Å²) in [6.07, 6.45) is 1.41. The zero-order chi connectivity index (χ0) is 25.6. The van der Waals surface area contributed by atoms with E-state index >= 15 is 0 Å². The molecule has 0 aliphatic carbocycles. The van der Waals surface area contributed by atoms with Crippen molar-refractivity contribution in [3.63, 3.8) is 0 Å². The predicted octanol–water partition coefficient (Wildman–Crippen LogP) is 4.33. The molecule has 1 amide bonds. The number of ether oxygens (including phenoxy) is 2. The van der Waals surface area contributed by atoms with Gasteiger partial charge in [-0.1, -0.05) is 36.4 Å². The molecule has 36 heavy (non-hydrogen) atoms. The summed E-state index contributed by atoms with van der Waals surface area (Å²) in [7, 11) is -4.07. The van der Waals surface area contributed by atoms with Gasteiger partial charge < -0.3 is 9.47 Å². The number of rotatable bonds is 9. The summed E-state index contributed by atoms with van der Waals surface area (Å²) in [6.45, 7) is 0.641. The fourth-order valence-electron chi connectivity index (χ4n) is 4.40. The number of sulfone groups is 1. The van der Waals surface area contributed by atoms with Gasteiger partial charge in [0.2, 0.25) is 0 Å². The van der Waals surface area contributed by atoms with Crippen LogP contribution in [0.3, 0.4) is 0 Å². The number of hydroxylamine groups is 1. The van der Waals surface area contributed by atoms with Gasteiger partial charge in [0, 0.05) is 13.2 Å². The molecule has 0 aromatic heterocycles. The van der Waals surface area contributed by atoms with Crippen LogP contribution in [0.15, 0.2) is 77.7 Å². The normalized spacial score (nSPS) is 15.3. The molecule has 2 N–H and O–H groups in total. The highest BCUT2D eigenvalue weighted by atomic mass is 32.2. The molecule has 0 bridgehead atoms. The predicted molar refractivity (Wildman–Crippen MR) is 132 cm³/mol. The minimum absolute atomic E-state index is 0.0190. The van der Waals surface area contributed by atoms with Crippen molar-refractivity contribution in [1.82, 2.24) is 5.48 Å². The quantitative estimate of drug-likeness (QED) is 0.251. The van der Waals surface area contributed by atoms with Crippen LogP contribution in [0.1, 0.15) is 24.8 Å². The highest BCUT2D eigenvalue weighted by Gasteiger charge is 2.52. The molecule has 0 radical (unpaired) electrons. The Balaban J connectivity index is 1.36. The van der Waals surface area contributed by atoms with Crippen LogP contribution >= 0.6 is 0 Å². The average Bonchev–Trinajstić information content (AvgIpc) is 2.91. The molecule has 0 saturated carbocycles. The van der Waals surface area contributed by atoms with E-state index in [1.807, 2.05) is 30.3 Å². The fourth-order valence-corrected chi connectivity index (χ4v) is 6.34. The number of nitrogens with one attached hydrogen (secondary N) is 1. The highest BCUT2D eigenvalue weighted by Crippen LogP contribution is 2.35. The van der Waals surface area contributed by atoms with E-state index in [4.69, 9.17) is 14.7 Å². The van der Waals surface area contributed by atoms with Gasteiger partial charge in [0.1, 0.15) is 11.6 Å². The smallest absolute Gasteiger partial charge is 0.265 e. The Kier molecular flexibility index (Phi) is 8.03. The third-order valence-electron chi connectivity index (χ3n) is 6.43. The molecular formula is C27H28FNO6S. The number of hydrogen-bond donors (Lipinski definition) is 2. The number of benzene rings is 3. The number of carbonyl (C=O) groups is 1. The molecule has 190 valence electrons. The topological polar surface area (TPSA) is 102 Å². The average molecular weight is 514 g/mol. The molecule has 0 atom stereocenters. The van der Waals surface area contributed by atoms with Crippen LogP contribution in [-0.4, -0.2) is 44.1 Å². The first-order valence-electron chi connectivity index (χ1n) is 11.7. The Morgan fingerprint density at radius 2 is 1.67 bits per heavy atom. The Morgan fingerprint density at radius 1 is 1.00 bits per heavy atom. The van der Waals surface area contributed by atoms with Gasteiger partial charge in [-0.05, 0) is 78.8 Å². The molecule has 3 aromatic carbocycles. The molecule has 0 unspecified atom stereocenters. The standard InChI is InChI=1S/C27H28FNO6S/c28-23-8-2-7-22(19-23)21-6-1-4-20(18-21)5-3-15-35-24-9-11-25(12-10-24)36(32,33)27(26(30)29-31)13-16-34-17-14-27/h1-2,4,6-12,18-19,31H,3,5,13-17H2,(H,29,30). The second kappa shape index (κ2) is 11.2. The van der Waals surface area contributed by atoms with E-state index in [-0.39, 0.29) is 36.8 Å². The van der Waals surface area contributed by atoms with E-state index in [1.54, 1.807) is 18.2 Å². The molecule has 0 spiro atoms. The van der Waals surface area contributed by atoms with Gasteiger partial charge in [0.05, 0.1) is 11.5 Å². The van der Waals surface area contributed by atoms with Crippen molar-refractivity contribution in [1.29, 1.82) is 0 Å². The first-order chi connectivity index (χ1) is 17.4. The van der Waals surface area contributed by atoms with E-state index in [0.717, 1.165) is 29.5 Å². The first kappa shape index (κ1) is 25.8. The molecule has 1 fully saturated rings. The third-order valence-corrected chi connectivity index (χ3v) is 8.94. The molecule has 1 aliphatic heterocycles. The van der Waals surface area contributed by atoms with Crippen LogP contribution in [0.4, 0.5) is 4.39 Å². The third kappa shape index (κ3) is 5.43. The molecule has 1 saturated heterocycles. The SMILES string of the molecule is O=C(NO)C1(S(=O)(=O)c2ccc(OCCCc3cccc(-c4cccc(F)c4)c3)cc2)CCOCC1. The van der Waals surface area contributed by atoms with Gasteiger partial charge in [-0.2, -0.15) is 0 Å². The number of carbonyl (C=O) groups excluding carboxylic acids is 1. The second-order valence-corrected chi connectivity index (χ2v) is 10.9. The van der Waals surface area contributed by atoms with Crippen LogP contribution < -0.4 is 10.2 Å². The molecular weight excluding hydrogens is 485 g/mol. The van der Waals surface area contributed by atoms with Crippen LogP contribution in [0.25, 0.3) is 11.1 Å². The molecule has 1 aliphatic rings. The van der Waals surface area contributed by atoms with E-state index in [9.17, 15) is 17.6 Å². The first-order valence-corrected chi connectivity index (χ1v) is 13.2. The Bertz CT molecular complexity index is 1300. The summed E-state index contributed by atoms with van der Waals surface area (Å²) in [5.74, 6) is -0.715. The lowest BCUT2D eigenvalue weighted by atomic mass is 9.98. The molecule has 9 heteroatoms. The molecule has 7 nitrogen and oxygen atoms in total. The van der Waals surface area contributed by atoms with Crippen molar-refractivity contribution in [2.45, 2.75) is 35.3 Å². The summed E-state index contributed by atoms with van der Waals surface area (Å²) in [4.78, 5) is 12.3. The largest absolute Gasteiger partial charge is 0.494 e. The zero-order valence-electron chi connectivity index (χ0n) is 19.7. The lowest BCUT2D eigenvalue weighted by Gasteiger charge is -2.34. The van der Waals surface area contributed by atoms with Crippen molar-refractivity contribution >= 4 is 15.7 Å². The Hall–Kier alpha value is -3.27. The van der Waals surface area contributed by atoms with Gasteiger partial charge in [-0.3, -0.25) is 10.0 Å². The van der Waals surface area contributed by atoms with Gasteiger partial charge >= 0.3 is 0 Å². The summed E-state index contributed by atoms with van der Waals surface area (Å²) in [5.41, 5.74) is 4.38. The van der Waals surface area contributed by atoms with Crippen molar-refractivity contribution in [2.75, 3.05) is 19.8 Å². The van der Waals surface area contributed by atoms with Crippen molar-refractivity contribution in [3.05, 3.63) is 84.2 Å². The summed E-state index contributed by atoms with van der Waals surface area (Å²) in [6, 6.07) is 20.3. The molecule has 4 rings (SSSR count). The van der Waals surface area contributed by atoms with E-state index < -0.39 is 20.5 Å². The Labute approximate surface area is 209 Å². The monoisotopic (exact) mass is 513 g/mol. The summed E-state index contributed by atoms with van der Waals surface area (Å²) in [5, 5.41) is 9.15. The minimum Gasteiger partial charge on any atom is -0.494 e. The maximum atomic E-state index is 13.5.